The first-order valence-electron chi connectivity index (χ1n) is 10.5. The summed E-state index contributed by atoms with van der Waals surface area (Å²) in [6, 6.07) is 9.74. The van der Waals surface area contributed by atoms with Crippen LogP contribution in [0.25, 0.3) is 0 Å². The minimum absolute atomic E-state index is 0.0984. The number of amides is 2. The first-order valence-corrected chi connectivity index (χ1v) is 11.6. The van der Waals surface area contributed by atoms with Crippen molar-refractivity contribution in [2.75, 3.05) is 44.3 Å². The molecule has 0 radical (unpaired) electrons. The first kappa shape index (κ1) is 21.0. The molecule has 2 aliphatic rings. The predicted molar refractivity (Wildman–Crippen MR) is 114 cm³/mol. The van der Waals surface area contributed by atoms with Crippen molar-refractivity contribution in [3.8, 4) is 5.75 Å². The Morgan fingerprint density at radius 2 is 1.82 bits per heavy atom. The lowest BCUT2D eigenvalue weighted by Gasteiger charge is -2.37. The van der Waals surface area contributed by atoms with Gasteiger partial charge in [0.05, 0.1) is 12.4 Å². The Bertz CT molecular complexity index is 632. The summed E-state index contributed by atoms with van der Waals surface area (Å²) in [5.74, 6) is 3.35. The van der Waals surface area contributed by atoms with Crippen LogP contribution in [0.3, 0.4) is 0 Å². The number of piperidine rings is 2. The Balaban J connectivity index is 1.30. The Labute approximate surface area is 172 Å². The van der Waals surface area contributed by atoms with Gasteiger partial charge in [-0.25, -0.2) is 0 Å². The van der Waals surface area contributed by atoms with Gasteiger partial charge >= 0.3 is 0 Å². The van der Waals surface area contributed by atoms with E-state index in [2.05, 4.69) is 11.8 Å². The normalized spacial score (nSPS) is 20.8. The minimum atomic E-state index is 0.0984. The van der Waals surface area contributed by atoms with Crippen LogP contribution in [0.4, 0.5) is 0 Å². The smallest absolute Gasteiger partial charge is 0.232 e. The number of rotatable bonds is 7. The van der Waals surface area contributed by atoms with E-state index in [1.54, 1.807) is 11.8 Å². The number of para-hydroxylation sites is 1. The lowest BCUT2D eigenvalue weighted by atomic mass is 9.93. The molecule has 1 unspecified atom stereocenters. The van der Waals surface area contributed by atoms with Gasteiger partial charge in [0.25, 0.3) is 0 Å². The Hall–Kier alpha value is -1.69. The van der Waals surface area contributed by atoms with Gasteiger partial charge in [-0.1, -0.05) is 25.1 Å². The molecule has 0 N–H and O–H groups in total. The van der Waals surface area contributed by atoms with Crippen molar-refractivity contribution in [1.29, 1.82) is 0 Å². The number of carbonyl (C=O) groups is 2. The van der Waals surface area contributed by atoms with Gasteiger partial charge in [-0.3, -0.25) is 9.59 Å². The molecule has 2 fully saturated rings. The molecule has 5 nitrogen and oxygen atoms in total. The number of benzene rings is 1. The van der Waals surface area contributed by atoms with Crippen molar-refractivity contribution >= 4 is 23.6 Å². The van der Waals surface area contributed by atoms with Gasteiger partial charge < -0.3 is 14.5 Å². The molecule has 3 rings (SSSR count). The van der Waals surface area contributed by atoms with Crippen LogP contribution >= 0.6 is 11.8 Å². The standard InChI is InChI=1S/C22H32N2O3S/c1-18-6-5-11-24(16-18)22(26)19-9-12-23(13-10-19)21(25)17-28-15-14-27-20-7-3-2-4-8-20/h2-4,7-8,18-19H,5-6,9-17H2,1H3. The van der Waals surface area contributed by atoms with Crippen LogP contribution in [0.5, 0.6) is 5.75 Å². The highest BCUT2D eigenvalue weighted by Crippen LogP contribution is 2.24. The molecule has 2 heterocycles. The van der Waals surface area contributed by atoms with Crippen molar-refractivity contribution in [3.63, 3.8) is 0 Å². The predicted octanol–water partition coefficient (Wildman–Crippen LogP) is 3.30. The molecule has 2 amide bonds. The van der Waals surface area contributed by atoms with E-state index in [0.29, 0.717) is 37.3 Å². The summed E-state index contributed by atoms with van der Waals surface area (Å²) in [7, 11) is 0. The van der Waals surface area contributed by atoms with Crippen molar-refractivity contribution in [2.24, 2.45) is 11.8 Å². The molecule has 0 aromatic heterocycles. The average Bonchev–Trinajstić information content (AvgIpc) is 2.73. The van der Waals surface area contributed by atoms with Crippen molar-refractivity contribution in [3.05, 3.63) is 30.3 Å². The van der Waals surface area contributed by atoms with E-state index in [9.17, 15) is 9.59 Å². The highest BCUT2D eigenvalue weighted by molar-refractivity contribution is 7.99. The molecule has 2 aliphatic heterocycles. The monoisotopic (exact) mass is 404 g/mol. The second-order valence-corrected chi connectivity index (χ2v) is 9.01. The SMILES string of the molecule is CC1CCCN(C(=O)C2CCN(C(=O)CSCCOc3ccccc3)CC2)C1. The fraction of sp³-hybridized carbons (Fsp3) is 0.636. The van der Waals surface area contributed by atoms with E-state index in [0.717, 1.165) is 43.9 Å². The van der Waals surface area contributed by atoms with E-state index in [-0.39, 0.29) is 11.8 Å². The van der Waals surface area contributed by atoms with E-state index in [1.165, 1.54) is 6.42 Å². The fourth-order valence-corrected chi connectivity index (χ4v) is 4.71. The summed E-state index contributed by atoms with van der Waals surface area (Å²) >= 11 is 1.61. The molecule has 0 spiro atoms. The number of hydrogen-bond donors (Lipinski definition) is 0. The maximum Gasteiger partial charge on any atom is 0.232 e. The molecule has 2 saturated heterocycles. The van der Waals surface area contributed by atoms with Gasteiger partial charge in [0.2, 0.25) is 11.8 Å². The lowest BCUT2D eigenvalue weighted by Crippen LogP contribution is -2.47. The van der Waals surface area contributed by atoms with Gasteiger partial charge in [0, 0.05) is 37.8 Å². The van der Waals surface area contributed by atoms with Crippen LogP contribution in [0.2, 0.25) is 0 Å². The second-order valence-electron chi connectivity index (χ2n) is 7.90. The minimum Gasteiger partial charge on any atom is -0.493 e. The third-order valence-corrected chi connectivity index (χ3v) is 6.54. The van der Waals surface area contributed by atoms with Gasteiger partial charge in [-0.15, -0.1) is 11.8 Å². The summed E-state index contributed by atoms with van der Waals surface area (Å²) in [6.07, 6.45) is 3.95. The number of ether oxygens (including phenoxy) is 1. The summed E-state index contributed by atoms with van der Waals surface area (Å²) < 4.78 is 5.65. The Kier molecular flexibility index (Phi) is 8.07. The molecule has 1 atom stereocenters. The molecular formula is C22H32N2O3S. The number of nitrogens with zero attached hydrogens (tertiary/aromatic N) is 2. The topological polar surface area (TPSA) is 49.9 Å². The van der Waals surface area contributed by atoms with Gasteiger partial charge in [-0.2, -0.15) is 0 Å². The number of hydrogen-bond acceptors (Lipinski definition) is 4. The zero-order chi connectivity index (χ0) is 19.8. The molecular weight excluding hydrogens is 372 g/mol. The van der Waals surface area contributed by atoms with Crippen LogP contribution in [0, 0.1) is 11.8 Å². The van der Waals surface area contributed by atoms with E-state index in [4.69, 9.17) is 4.74 Å². The number of likely N-dealkylation sites (tertiary alicyclic amines) is 2. The Morgan fingerprint density at radius 3 is 2.54 bits per heavy atom. The van der Waals surface area contributed by atoms with Crippen LogP contribution < -0.4 is 4.74 Å². The molecule has 28 heavy (non-hydrogen) atoms. The van der Waals surface area contributed by atoms with Crippen LogP contribution in [-0.4, -0.2) is 65.9 Å². The first-order chi connectivity index (χ1) is 13.6. The summed E-state index contributed by atoms with van der Waals surface area (Å²) in [6.45, 7) is 6.05. The van der Waals surface area contributed by atoms with Crippen molar-refractivity contribution in [2.45, 2.75) is 32.6 Å². The molecule has 6 heteroatoms. The number of carbonyl (C=O) groups excluding carboxylic acids is 2. The highest BCUT2D eigenvalue weighted by Gasteiger charge is 2.31. The second kappa shape index (κ2) is 10.7. The maximum atomic E-state index is 12.7. The van der Waals surface area contributed by atoms with E-state index in [1.807, 2.05) is 35.2 Å². The molecule has 0 aliphatic carbocycles. The summed E-state index contributed by atoms with van der Waals surface area (Å²) in [4.78, 5) is 29.1. The zero-order valence-corrected chi connectivity index (χ0v) is 17.7. The van der Waals surface area contributed by atoms with Crippen LogP contribution in [-0.2, 0) is 9.59 Å². The highest BCUT2D eigenvalue weighted by atomic mass is 32.2. The van der Waals surface area contributed by atoms with Crippen molar-refractivity contribution < 1.29 is 14.3 Å². The Morgan fingerprint density at radius 1 is 1.07 bits per heavy atom. The van der Waals surface area contributed by atoms with Crippen molar-refractivity contribution in [1.82, 2.24) is 9.80 Å². The molecule has 1 aromatic carbocycles. The zero-order valence-electron chi connectivity index (χ0n) is 16.8. The number of thioether (sulfide) groups is 1. The summed E-state index contributed by atoms with van der Waals surface area (Å²) in [5.41, 5.74) is 0. The van der Waals surface area contributed by atoms with Gasteiger partial charge in [-0.05, 0) is 43.7 Å². The van der Waals surface area contributed by atoms with E-state index < -0.39 is 0 Å². The lowest BCUT2D eigenvalue weighted by molar-refractivity contribution is -0.141. The average molecular weight is 405 g/mol. The molecule has 0 saturated carbocycles. The van der Waals surface area contributed by atoms with E-state index >= 15 is 0 Å². The quantitative estimate of drug-likeness (QED) is 0.655. The summed E-state index contributed by atoms with van der Waals surface area (Å²) in [5, 5.41) is 0. The van der Waals surface area contributed by atoms with Crippen LogP contribution in [0.15, 0.2) is 30.3 Å². The van der Waals surface area contributed by atoms with Gasteiger partial charge in [0.15, 0.2) is 0 Å². The fourth-order valence-electron chi connectivity index (χ4n) is 4.01. The molecule has 154 valence electrons. The maximum absolute atomic E-state index is 12.7. The van der Waals surface area contributed by atoms with Gasteiger partial charge in [0.1, 0.15) is 5.75 Å². The third-order valence-electron chi connectivity index (χ3n) is 5.63. The molecule has 0 bridgehead atoms. The molecule has 1 aromatic rings. The largest absolute Gasteiger partial charge is 0.493 e. The van der Waals surface area contributed by atoms with Crippen LogP contribution in [0.1, 0.15) is 32.6 Å². The third kappa shape index (κ3) is 6.16.